The number of nitrogens with zero attached hydrogens (tertiary/aromatic N) is 2. The Balaban J connectivity index is 2.88. The van der Waals surface area contributed by atoms with E-state index in [4.69, 9.17) is 0 Å². The van der Waals surface area contributed by atoms with Gasteiger partial charge in [0.25, 0.3) is 0 Å². The van der Waals surface area contributed by atoms with Gasteiger partial charge in [0.05, 0.1) is 6.17 Å². The molecule has 3 atom stereocenters. The van der Waals surface area contributed by atoms with E-state index < -0.39 is 0 Å². The quantitative estimate of drug-likeness (QED) is 0.569. The summed E-state index contributed by atoms with van der Waals surface area (Å²) in [6.07, 6.45) is 0.560. The van der Waals surface area contributed by atoms with Crippen molar-refractivity contribution in [2.75, 3.05) is 7.05 Å². The minimum absolute atomic E-state index is 0.276. The summed E-state index contributed by atoms with van der Waals surface area (Å²) in [7, 11) is 2.22. The first-order valence-corrected chi connectivity index (χ1v) is 5.27. The first-order valence-electron chi connectivity index (χ1n) is 5.27. The van der Waals surface area contributed by atoms with Crippen molar-refractivity contribution in [1.29, 1.82) is 0 Å². The Morgan fingerprint density at radius 2 is 1.38 bits per heavy atom. The second kappa shape index (κ2) is 3.25. The van der Waals surface area contributed by atoms with Crippen LogP contribution in [0.3, 0.4) is 0 Å². The van der Waals surface area contributed by atoms with Crippen molar-refractivity contribution in [3.8, 4) is 0 Å². The molecule has 1 fully saturated rings. The van der Waals surface area contributed by atoms with Crippen molar-refractivity contribution < 1.29 is 0 Å². The van der Waals surface area contributed by atoms with Gasteiger partial charge in [-0.3, -0.25) is 9.80 Å². The summed E-state index contributed by atoms with van der Waals surface area (Å²) in [5.41, 5.74) is 0.276. The van der Waals surface area contributed by atoms with E-state index in [2.05, 4.69) is 58.4 Å². The van der Waals surface area contributed by atoms with Crippen LogP contribution in [0, 0.1) is 0 Å². The van der Waals surface area contributed by atoms with E-state index in [0.29, 0.717) is 18.2 Å². The summed E-state index contributed by atoms with van der Waals surface area (Å²) in [6, 6.07) is 1.31. The van der Waals surface area contributed by atoms with Gasteiger partial charge in [0, 0.05) is 17.6 Å². The van der Waals surface area contributed by atoms with Crippen LogP contribution in [0.5, 0.6) is 0 Å². The highest BCUT2D eigenvalue weighted by Crippen LogP contribution is 2.31. The van der Waals surface area contributed by atoms with Crippen LogP contribution in [0.2, 0.25) is 0 Å². The zero-order chi connectivity index (χ0) is 10.4. The summed E-state index contributed by atoms with van der Waals surface area (Å²) in [6.45, 7) is 13.8. The van der Waals surface area contributed by atoms with Gasteiger partial charge >= 0.3 is 0 Å². The van der Waals surface area contributed by atoms with Crippen LogP contribution >= 0.6 is 0 Å². The normalized spacial score (nSPS) is 38.5. The molecule has 2 heteroatoms. The van der Waals surface area contributed by atoms with Gasteiger partial charge in [-0.05, 0) is 48.6 Å². The Labute approximate surface area is 82.9 Å². The van der Waals surface area contributed by atoms with Gasteiger partial charge in [-0.1, -0.05) is 0 Å². The van der Waals surface area contributed by atoms with E-state index in [0.717, 1.165) is 0 Å². The van der Waals surface area contributed by atoms with Crippen LogP contribution in [0.4, 0.5) is 0 Å². The first-order chi connectivity index (χ1) is 5.76. The molecule has 3 unspecified atom stereocenters. The second-order valence-corrected chi connectivity index (χ2v) is 5.36. The lowest BCUT2D eigenvalue weighted by molar-refractivity contribution is 0.0611. The molecule has 1 saturated heterocycles. The van der Waals surface area contributed by atoms with Crippen molar-refractivity contribution in [3.63, 3.8) is 0 Å². The fourth-order valence-electron chi connectivity index (χ4n) is 2.62. The van der Waals surface area contributed by atoms with Gasteiger partial charge in [-0.2, -0.15) is 0 Å². The molecular weight excluding hydrogens is 160 g/mol. The molecule has 2 nitrogen and oxygen atoms in total. The molecule has 0 aromatic carbocycles. The fraction of sp³-hybridized carbons (Fsp3) is 1.00. The van der Waals surface area contributed by atoms with Crippen LogP contribution in [-0.4, -0.2) is 40.6 Å². The highest BCUT2D eigenvalue weighted by atomic mass is 15.5. The molecule has 78 valence electrons. The zero-order valence-electron chi connectivity index (χ0n) is 10.1. The summed E-state index contributed by atoms with van der Waals surface area (Å²) >= 11 is 0. The third-order valence-electron chi connectivity index (χ3n) is 3.55. The molecule has 0 aliphatic carbocycles. The maximum Gasteiger partial charge on any atom is 0.0601 e. The van der Waals surface area contributed by atoms with E-state index in [9.17, 15) is 0 Å². The highest BCUT2D eigenvalue weighted by Gasteiger charge is 2.42. The smallest absolute Gasteiger partial charge is 0.0601 e. The monoisotopic (exact) mass is 184 g/mol. The van der Waals surface area contributed by atoms with Crippen LogP contribution in [0.1, 0.15) is 41.5 Å². The molecule has 0 N–H and O–H groups in total. The predicted molar refractivity (Wildman–Crippen MR) is 57.7 cm³/mol. The number of hydrogen-bond donors (Lipinski definition) is 0. The molecule has 0 aromatic rings. The molecule has 1 aliphatic rings. The molecule has 0 saturated carbocycles. The standard InChI is InChI=1S/C11H24N2/c1-8-9(2)13(11(4,5)6)10(3)12(8)7/h8-10H,1-7H3. The summed E-state index contributed by atoms with van der Waals surface area (Å²) in [5, 5.41) is 0. The lowest BCUT2D eigenvalue weighted by Crippen LogP contribution is -2.49. The zero-order valence-corrected chi connectivity index (χ0v) is 10.1. The average molecular weight is 184 g/mol. The molecule has 13 heavy (non-hydrogen) atoms. The number of hydrogen-bond acceptors (Lipinski definition) is 2. The van der Waals surface area contributed by atoms with Crippen molar-refractivity contribution in [2.24, 2.45) is 0 Å². The molecule has 1 heterocycles. The van der Waals surface area contributed by atoms with Crippen molar-refractivity contribution in [1.82, 2.24) is 9.80 Å². The van der Waals surface area contributed by atoms with Gasteiger partial charge in [0.1, 0.15) is 0 Å². The first kappa shape index (κ1) is 11.0. The largest absolute Gasteiger partial charge is 0.287 e. The Morgan fingerprint density at radius 3 is 1.54 bits per heavy atom. The SMILES string of the molecule is CC1C(C)N(C(C)(C)C)C(C)N1C. The van der Waals surface area contributed by atoms with Crippen LogP contribution in [0.25, 0.3) is 0 Å². The van der Waals surface area contributed by atoms with E-state index in [1.165, 1.54) is 0 Å². The van der Waals surface area contributed by atoms with Gasteiger partial charge in [-0.25, -0.2) is 0 Å². The predicted octanol–water partition coefficient (Wildman–Crippen LogP) is 2.16. The van der Waals surface area contributed by atoms with E-state index >= 15 is 0 Å². The Bertz CT molecular complexity index is 169. The van der Waals surface area contributed by atoms with Crippen LogP contribution in [-0.2, 0) is 0 Å². The summed E-state index contributed by atoms with van der Waals surface area (Å²) < 4.78 is 0. The topological polar surface area (TPSA) is 6.48 Å². The molecule has 0 amide bonds. The maximum atomic E-state index is 2.59. The Kier molecular flexibility index (Phi) is 2.75. The van der Waals surface area contributed by atoms with E-state index in [-0.39, 0.29) is 5.54 Å². The van der Waals surface area contributed by atoms with Crippen LogP contribution < -0.4 is 0 Å². The number of likely N-dealkylation sites (N-methyl/N-ethyl adjacent to an activating group) is 1. The van der Waals surface area contributed by atoms with Gasteiger partial charge in [0.15, 0.2) is 0 Å². The Hall–Kier alpha value is -0.0800. The molecule has 0 aromatic heterocycles. The molecule has 1 aliphatic heterocycles. The van der Waals surface area contributed by atoms with Gasteiger partial charge in [-0.15, -0.1) is 0 Å². The summed E-state index contributed by atoms with van der Waals surface area (Å²) in [5.74, 6) is 0. The number of rotatable bonds is 0. The second-order valence-electron chi connectivity index (χ2n) is 5.36. The van der Waals surface area contributed by atoms with E-state index in [1.807, 2.05) is 0 Å². The minimum atomic E-state index is 0.276. The lowest BCUT2D eigenvalue weighted by atomic mass is 10.0. The minimum Gasteiger partial charge on any atom is -0.287 e. The van der Waals surface area contributed by atoms with Crippen LogP contribution in [0.15, 0.2) is 0 Å². The molecule has 0 spiro atoms. The average Bonchev–Trinajstić information content (AvgIpc) is 2.14. The highest BCUT2D eigenvalue weighted by molar-refractivity contribution is 4.96. The van der Waals surface area contributed by atoms with Crippen molar-refractivity contribution in [2.45, 2.75) is 65.3 Å². The molecule has 1 rings (SSSR count). The van der Waals surface area contributed by atoms with Crippen molar-refractivity contribution in [3.05, 3.63) is 0 Å². The summed E-state index contributed by atoms with van der Waals surface area (Å²) in [4.78, 5) is 5.05. The molecule has 0 radical (unpaired) electrons. The molecular formula is C11H24N2. The fourth-order valence-corrected chi connectivity index (χ4v) is 2.62. The third kappa shape index (κ3) is 1.75. The Morgan fingerprint density at radius 1 is 0.923 bits per heavy atom. The van der Waals surface area contributed by atoms with Gasteiger partial charge in [0.2, 0.25) is 0 Å². The van der Waals surface area contributed by atoms with E-state index in [1.54, 1.807) is 0 Å². The van der Waals surface area contributed by atoms with Gasteiger partial charge < -0.3 is 0 Å². The molecule has 0 bridgehead atoms. The lowest BCUT2D eigenvalue weighted by Gasteiger charge is -2.39. The van der Waals surface area contributed by atoms with Crippen molar-refractivity contribution >= 4 is 0 Å². The maximum absolute atomic E-state index is 2.59. The third-order valence-corrected chi connectivity index (χ3v) is 3.55.